The monoisotopic (exact) mass is 268 g/mol. The Bertz CT molecular complexity index is 422. The molecule has 1 heterocycles. The Kier molecular flexibility index (Phi) is 4.74. The van der Waals surface area contributed by atoms with E-state index in [-0.39, 0.29) is 17.6 Å². The van der Waals surface area contributed by atoms with Gasteiger partial charge in [0.1, 0.15) is 0 Å². The summed E-state index contributed by atoms with van der Waals surface area (Å²) in [5, 5.41) is 0. The lowest BCUT2D eigenvalue weighted by Crippen LogP contribution is -2.37. The van der Waals surface area contributed by atoms with Crippen LogP contribution in [0.15, 0.2) is 18.2 Å². The Hall–Kier alpha value is -1.17. The molecule has 2 N–H and O–H groups in total. The Morgan fingerprint density at radius 1 is 1.58 bits per heavy atom. The number of methoxy groups -OCH3 is 1. The molecule has 0 spiro atoms. The molecule has 0 aliphatic carbocycles. The molecule has 0 radical (unpaired) electrons. The largest absolute Gasteiger partial charge is 0.494 e. The summed E-state index contributed by atoms with van der Waals surface area (Å²) >= 11 is 0. The lowest BCUT2D eigenvalue weighted by molar-refractivity contribution is 0.156. The van der Waals surface area contributed by atoms with Crippen LogP contribution in [0.5, 0.6) is 5.75 Å². The Labute approximate surface area is 113 Å². The van der Waals surface area contributed by atoms with Crippen LogP contribution in [0.25, 0.3) is 0 Å². The Morgan fingerprint density at radius 3 is 2.95 bits per heavy atom. The Morgan fingerprint density at radius 2 is 2.37 bits per heavy atom. The number of nitrogens with zero attached hydrogens (tertiary/aromatic N) is 1. The van der Waals surface area contributed by atoms with Crippen LogP contribution >= 0.6 is 0 Å². The van der Waals surface area contributed by atoms with Crippen molar-refractivity contribution in [1.29, 1.82) is 0 Å². The molecule has 1 aliphatic heterocycles. The first-order chi connectivity index (χ1) is 9.11. The van der Waals surface area contributed by atoms with Gasteiger partial charge in [-0.05, 0) is 31.2 Å². The van der Waals surface area contributed by atoms with E-state index in [9.17, 15) is 4.39 Å². The van der Waals surface area contributed by atoms with Crippen LogP contribution in [0, 0.1) is 5.82 Å². The predicted octanol–water partition coefficient (Wildman–Crippen LogP) is 1.55. The smallest absolute Gasteiger partial charge is 0.165 e. The summed E-state index contributed by atoms with van der Waals surface area (Å²) < 4.78 is 23.9. The molecule has 1 aromatic rings. The number of ether oxygens (including phenoxy) is 2. The SMILES string of the molecule is COc1ccc(C(N)CN(C)C2CCOC2)cc1F. The predicted molar refractivity (Wildman–Crippen MR) is 71.7 cm³/mol. The van der Waals surface area contributed by atoms with Crippen molar-refractivity contribution in [3.63, 3.8) is 0 Å². The summed E-state index contributed by atoms with van der Waals surface area (Å²) in [4.78, 5) is 2.18. The van der Waals surface area contributed by atoms with E-state index in [1.807, 2.05) is 13.1 Å². The molecular weight excluding hydrogens is 247 g/mol. The van der Waals surface area contributed by atoms with Crippen molar-refractivity contribution in [2.75, 3.05) is 33.9 Å². The fraction of sp³-hybridized carbons (Fsp3) is 0.571. The number of benzene rings is 1. The van der Waals surface area contributed by atoms with Gasteiger partial charge in [-0.2, -0.15) is 0 Å². The molecule has 4 nitrogen and oxygen atoms in total. The third-order valence-corrected chi connectivity index (χ3v) is 3.62. The molecule has 5 heteroatoms. The molecule has 106 valence electrons. The highest BCUT2D eigenvalue weighted by Crippen LogP contribution is 2.22. The third-order valence-electron chi connectivity index (χ3n) is 3.62. The van der Waals surface area contributed by atoms with Gasteiger partial charge in [-0.15, -0.1) is 0 Å². The van der Waals surface area contributed by atoms with E-state index in [0.717, 1.165) is 25.2 Å². The van der Waals surface area contributed by atoms with E-state index in [0.29, 0.717) is 12.6 Å². The highest BCUT2D eigenvalue weighted by atomic mass is 19.1. The number of nitrogens with two attached hydrogens (primary N) is 1. The summed E-state index contributed by atoms with van der Waals surface area (Å²) in [6, 6.07) is 5.07. The average molecular weight is 268 g/mol. The minimum absolute atomic E-state index is 0.217. The molecule has 1 saturated heterocycles. The maximum Gasteiger partial charge on any atom is 0.165 e. The van der Waals surface area contributed by atoms with Crippen LogP contribution in [-0.4, -0.2) is 44.9 Å². The summed E-state index contributed by atoms with van der Waals surface area (Å²) in [5.74, 6) is -0.129. The number of hydrogen-bond acceptors (Lipinski definition) is 4. The van der Waals surface area contributed by atoms with Gasteiger partial charge in [-0.25, -0.2) is 4.39 Å². The zero-order chi connectivity index (χ0) is 13.8. The van der Waals surface area contributed by atoms with Gasteiger partial charge in [0.05, 0.1) is 13.7 Å². The van der Waals surface area contributed by atoms with Gasteiger partial charge in [0.2, 0.25) is 0 Å². The van der Waals surface area contributed by atoms with E-state index in [4.69, 9.17) is 15.2 Å². The minimum atomic E-state index is -0.373. The van der Waals surface area contributed by atoms with E-state index in [2.05, 4.69) is 4.90 Å². The van der Waals surface area contributed by atoms with Crippen molar-refractivity contribution in [3.8, 4) is 5.75 Å². The highest BCUT2D eigenvalue weighted by Gasteiger charge is 2.22. The molecule has 19 heavy (non-hydrogen) atoms. The molecule has 1 fully saturated rings. The number of rotatable bonds is 5. The van der Waals surface area contributed by atoms with Crippen molar-refractivity contribution < 1.29 is 13.9 Å². The molecular formula is C14H21FN2O2. The van der Waals surface area contributed by atoms with E-state index in [1.54, 1.807) is 6.07 Å². The average Bonchev–Trinajstić information content (AvgIpc) is 2.92. The van der Waals surface area contributed by atoms with Gasteiger partial charge in [-0.1, -0.05) is 6.07 Å². The Balaban J connectivity index is 1.98. The molecule has 2 unspecified atom stereocenters. The van der Waals surface area contributed by atoms with Crippen molar-refractivity contribution >= 4 is 0 Å². The van der Waals surface area contributed by atoms with Crippen molar-refractivity contribution in [3.05, 3.63) is 29.6 Å². The van der Waals surface area contributed by atoms with Crippen molar-refractivity contribution in [2.24, 2.45) is 5.73 Å². The quantitative estimate of drug-likeness (QED) is 0.880. The van der Waals surface area contributed by atoms with Gasteiger partial charge >= 0.3 is 0 Å². The third kappa shape index (κ3) is 3.43. The van der Waals surface area contributed by atoms with Crippen LogP contribution in [-0.2, 0) is 4.74 Å². The molecule has 0 amide bonds. The molecule has 2 rings (SSSR count). The topological polar surface area (TPSA) is 47.7 Å². The van der Waals surface area contributed by atoms with Crippen LogP contribution in [0.2, 0.25) is 0 Å². The second-order valence-electron chi connectivity index (χ2n) is 4.96. The second-order valence-corrected chi connectivity index (χ2v) is 4.96. The van der Waals surface area contributed by atoms with Gasteiger partial charge in [0, 0.05) is 25.2 Å². The van der Waals surface area contributed by atoms with E-state index < -0.39 is 0 Å². The van der Waals surface area contributed by atoms with Crippen molar-refractivity contribution in [1.82, 2.24) is 4.90 Å². The van der Waals surface area contributed by atoms with Gasteiger partial charge in [0.15, 0.2) is 11.6 Å². The van der Waals surface area contributed by atoms with E-state index >= 15 is 0 Å². The fourth-order valence-corrected chi connectivity index (χ4v) is 2.35. The molecule has 1 aromatic carbocycles. The summed E-state index contributed by atoms with van der Waals surface area (Å²) in [6.45, 7) is 2.24. The molecule has 0 saturated carbocycles. The standard InChI is InChI=1S/C14H21FN2O2/c1-17(11-5-6-19-9-11)8-13(16)10-3-4-14(18-2)12(15)7-10/h3-4,7,11,13H,5-6,8-9,16H2,1-2H3. The highest BCUT2D eigenvalue weighted by molar-refractivity contribution is 5.31. The van der Waals surface area contributed by atoms with Gasteiger partial charge in [-0.3, -0.25) is 4.90 Å². The first-order valence-corrected chi connectivity index (χ1v) is 6.49. The molecule has 0 bridgehead atoms. The minimum Gasteiger partial charge on any atom is -0.494 e. The lowest BCUT2D eigenvalue weighted by Gasteiger charge is -2.26. The number of halogens is 1. The maximum absolute atomic E-state index is 13.6. The summed E-state index contributed by atoms with van der Waals surface area (Å²) in [5.41, 5.74) is 6.92. The second kappa shape index (κ2) is 6.32. The van der Waals surface area contributed by atoms with Crippen LogP contribution in [0.3, 0.4) is 0 Å². The molecule has 0 aromatic heterocycles. The van der Waals surface area contributed by atoms with Crippen LogP contribution in [0.1, 0.15) is 18.0 Å². The normalized spacial score (nSPS) is 20.8. The lowest BCUT2D eigenvalue weighted by atomic mass is 10.1. The van der Waals surface area contributed by atoms with Crippen molar-refractivity contribution in [2.45, 2.75) is 18.5 Å². The first kappa shape index (κ1) is 14.2. The van der Waals surface area contributed by atoms with Gasteiger partial charge in [0.25, 0.3) is 0 Å². The zero-order valence-electron chi connectivity index (χ0n) is 11.4. The summed E-state index contributed by atoms with van der Waals surface area (Å²) in [7, 11) is 3.48. The molecule has 2 atom stereocenters. The van der Waals surface area contributed by atoms with E-state index in [1.165, 1.54) is 13.2 Å². The van der Waals surface area contributed by atoms with Crippen LogP contribution in [0.4, 0.5) is 4.39 Å². The fourth-order valence-electron chi connectivity index (χ4n) is 2.35. The zero-order valence-corrected chi connectivity index (χ0v) is 11.4. The first-order valence-electron chi connectivity index (χ1n) is 6.49. The number of likely N-dealkylation sites (N-methyl/N-ethyl adjacent to an activating group) is 1. The maximum atomic E-state index is 13.6. The van der Waals surface area contributed by atoms with Gasteiger partial charge < -0.3 is 15.2 Å². The summed E-state index contributed by atoms with van der Waals surface area (Å²) in [6.07, 6.45) is 1.03. The number of hydrogen-bond donors (Lipinski definition) is 1. The van der Waals surface area contributed by atoms with Crippen LogP contribution < -0.4 is 10.5 Å². The molecule has 1 aliphatic rings.